The monoisotopic (exact) mass is 324 g/mol. The molecule has 0 atom stereocenters. The Kier molecular flexibility index (Phi) is 4.38. The minimum absolute atomic E-state index is 0.0968. The van der Waals surface area contributed by atoms with Gasteiger partial charge in [0.2, 0.25) is 11.8 Å². The first-order valence-corrected chi connectivity index (χ1v) is 7.64. The third kappa shape index (κ3) is 3.27. The number of rotatable bonds is 2. The van der Waals surface area contributed by atoms with Crippen molar-refractivity contribution >= 4 is 23.4 Å². The molecule has 118 valence electrons. The lowest BCUT2D eigenvalue weighted by molar-refractivity contribution is -0.137. The van der Waals surface area contributed by atoms with Gasteiger partial charge in [0.1, 0.15) is 0 Å². The molecule has 1 fully saturated rings. The Morgan fingerprint density at radius 3 is 2.95 bits per heavy atom. The smallest absolute Gasteiger partial charge is 0.239 e. The summed E-state index contributed by atoms with van der Waals surface area (Å²) in [5.74, 6) is 0.883. The van der Waals surface area contributed by atoms with E-state index >= 15 is 0 Å². The Morgan fingerprint density at radius 2 is 2.14 bits per heavy atom. The van der Waals surface area contributed by atoms with Gasteiger partial charge in [-0.2, -0.15) is 0 Å². The Hall–Kier alpha value is -1.95. The molecule has 6 nitrogen and oxygen atoms in total. The van der Waals surface area contributed by atoms with Gasteiger partial charge in [0.05, 0.1) is 31.2 Å². The fourth-order valence-corrected chi connectivity index (χ4v) is 2.81. The second-order valence-electron chi connectivity index (χ2n) is 5.30. The van der Waals surface area contributed by atoms with Gasteiger partial charge in [0.25, 0.3) is 0 Å². The van der Waals surface area contributed by atoms with Crippen molar-refractivity contribution in [3.8, 4) is 11.5 Å². The third-order valence-electron chi connectivity index (χ3n) is 3.61. The summed E-state index contributed by atoms with van der Waals surface area (Å²) in [5, 5.41) is 3.14. The molecule has 0 bridgehead atoms. The largest absolute Gasteiger partial charge is 0.489 e. The number of carbonyl (C=O) groups excluding carboxylic acids is 2. The number of halogens is 1. The van der Waals surface area contributed by atoms with Gasteiger partial charge in [-0.15, -0.1) is 0 Å². The molecule has 0 radical (unpaired) electrons. The summed E-state index contributed by atoms with van der Waals surface area (Å²) in [5.41, 5.74) is 0.755. The molecule has 1 aromatic rings. The van der Waals surface area contributed by atoms with Crippen molar-refractivity contribution in [2.75, 3.05) is 32.8 Å². The predicted octanol–water partition coefficient (Wildman–Crippen LogP) is 1.00. The molecule has 22 heavy (non-hydrogen) atoms. The first-order valence-electron chi connectivity index (χ1n) is 7.26. The van der Waals surface area contributed by atoms with E-state index in [9.17, 15) is 9.59 Å². The highest BCUT2D eigenvalue weighted by molar-refractivity contribution is 6.32. The van der Waals surface area contributed by atoms with Crippen LogP contribution in [0.5, 0.6) is 11.5 Å². The molecule has 0 aliphatic carbocycles. The Morgan fingerprint density at radius 1 is 1.32 bits per heavy atom. The number of carbonyl (C=O) groups is 2. The number of amides is 2. The zero-order valence-electron chi connectivity index (χ0n) is 12.1. The van der Waals surface area contributed by atoms with Crippen LogP contribution in [0.25, 0.3) is 0 Å². The van der Waals surface area contributed by atoms with Crippen LogP contribution in [-0.4, -0.2) is 49.6 Å². The second-order valence-corrected chi connectivity index (χ2v) is 5.70. The summed E-state index contributed by atoms with van der Waals surface area (Å²) >= 11 is 6.22. The summed E-state index contributed by atoms with van der Waals surface area (Å²) in [6.07, 6.45) is 0.978. The number of hydrogen-bond donors (Lipinski definition) is 1. The molecule has 2 aliphatic rings. The zero-order chi connectivity index (χ0) is 15.5. The second kappa shape index (κ2) is 6.44. The van der Waals surface area contributed by atoms with Gasteiger partial charge in [-0.05, 0) is 17.7 Å². The SMILES string of the molecule is O=C1CN(C(=O)Cc2cc(Cl)c3c(c2)OCCCO3)CCN1. The quantitative estimate of drug-likeness (QED) is 0.881. The molecule has 1 aromatic carbocycles. The third-order valence-corrected chi connectivity index (χ3v) is 3.89. The van der Waals surface area contributed by atoms with Gasteiger partial charge in [-0.3, -0.25) is 9.59 Å². The summed E-state index contributed by atoms with van der Waals surface area (Å²) < 4.78 is 11.2. The van der Waals surface area contributed by atoms with Crippen LogP contribution in [0.2, 0.25) is 5.02 Å². The fraction of sp³-hybridized carbons (Fsp3) is 0.467. The number of fused-ring (bicyclic) bond motifs is 1. The van der Waals surface area contributed by atoms with Crippen LogP contribution in [0.1, 0.15) is 12.0 Å². The van der Waals surface area contributed by atoms with E-state index in [0.717, 1.165) is 12.0 Å². The van der Waals surface area contributed by atoms with Crippen molar-refractivity contribution in [2.24, 2.45) is 0 Å². The average Bonchev–Trinajstić information content (AvgIpc) is 2.73. The van der Waals surface area contributed by atoms with Crippen LogP contribution < -0.4 is 14.8 Å². The number of hydrogen-bond acceptors (Lipinski definition) is 4. The Labute approximate surface area is 133 Å². The zero-order valence-corrected chi connectivity index (χ0v) is 12.8. The van der Waals surface area contributed by atoms with Crippen LogP contribution in [0.4, 0.5) is 0 Å². The van der Waals surface area contributed by atoms with Crippen LogP contribution in [-0.2, 0) is 16.0 Å². The van der Waals surface area contributed by atoms with Gasteiger partial charge >= 0.3 is 0 Å². The van der Waals surface area contributed by atoms with Crippen LogP contribution in [0.15, 0.2) is 12.1 Å². The van der Waals surface area contributed by atoms with Crippen molar-refractivity contribution in [2.45, 2.75) is 12.8 Å². The summed E-state index contributed by atoms with van der Waals surface area (Å²) in [6.45, 7) is 2.26. The maximum atomic E-state index is 12.3. The molecule has 7 heteroatoms. The number of piperazine rings is 1. The Bertz CT molecular complexity index is 605. The van der Waals surface area contributed by atoms with E-state index in [1.165, 1.54) is 0 Å². The normalized spacial score (nSPS) is 17.7. The van der Waals surface area contributed by atoms with Gasteiger partial charge in [-0.1, -0.05) is 11.6 Å². The molecule has 2 amide bonds. The van der Waals surface area contributed by atoms with Gasteiger partial charge in [-0.25, -0.2) is 0 Å². The highest BCUT2D eigenvalue weighted by atomic mass is 35.5. The molecule has 1 saturated heterocycles. The molecule has 0 aromatic heterocycles. The molecule has 2 heterocycles. The minimum Gasteiger partial charge on any atom is -0.489 e. The first kappa shape index (κ1) is 15.0. The standard InChI is InChI=1S/C15H17ClN2O4/c16-11-6-10(7-12-15(11)22-5-1-4-21-12)8-14(20)18-3-2-17-13(19)9-18/h6-7H,1-5,8-9H2,(H,17,19). The Balaban J connectivity index is 1.75. The van der Waals surface area contributed by atoms with E-state index in [1.54, 1.807) is 17.0 Å². The molecule has 3 rings (SSSR count). The van der Waals surface area contributed by atoms with E-state index in [-0.39, 0.29) is 24.8 Å². The maximum Gasteiger partial charge on any atom is 0.239 e. The fourth-order valence-electron chi connectivity index (χ4n) is 2.52. The number of nitrogens with one attached hydrogen (secondary N) is 1. The number of nitrogens with zero attached hydrogens (tertiary/aromatic N) is 1. The lowest BCUT2D eigenvalue weighted by Crippen LogP contribution is -2.50. The molecule has 1 N–H and O–H groups in total. The van der Waals surface area contributed by atoms with Crippen molar-refractivity contribution in [1.29, 1.82) is 0 Å². The minimum atomic E-state index is -0.128. The summed E-state index contributed by atoms with van der Waals surface area (Å²) in [7, 11) is 0. The molecular weight excluding hydrogens is 308 g/mol. The lowest BCUT2D eigenvalue weighted by Gasteiger charge is -2.26. The maximum absolute atomic E-state index is 12.3. The van der Waals surface area contributed by atoms with Gasteiger partial charge in [0.15, 0.2) is 11.5 Å². The number of benzene rings is 1. The predicted molar refractivity (Wildman–Crippen MR) is 80.4 cm³/mol. The van der Waals surface area contributed by atoms with E-state index in [0.29, 0.717) is 42.8 Å². The summed E-state index contributed by atoms with van der Waals surface area (Å²) in [6, 6.07) is 3.51. The van der Waals surface area contributed by atoms with Crippen LogP contribution >= 0.6 is 11.6 Å². The van der Waals surface area contributed by atoms with E-state index in [2.05, 4.69) is 5.32 Å². The highest BCUT2D eigenvalue weighted by Gasteiger charge is 2.22. The van der Waals surface area contributed by atoms with Crippen LogP contribution in [0, 0.1) is 0 Å². The van der Waals surface area contributed by atoms with Crippen molar-refractivity contribution in [3.05, 3.63) is 22.7 Å². The van der Waals surface area contributed by atoms with Crippen molar-refractivity contribution in [3.63, 3.8) is 0 Å². The molecular formula is C15H17ClN2O4. The van der Waals surface area contributed by atoms with Crippen molar-refractivity contribution < 1.29 is 19.1 Å². The van der Waals surface area contributed by atoms with Crippen molar-refractivity contribution in [1.82, 2.24) is 10.2 Å². The van der Waals surface area contributed by atoms with Gasteiger partial charge in [0, 0.05) is 19.5 Å². The highest BCUT2D eigenvalue weighted by Crippen LogP contribution is 2.38. The van der Waals surface area contributed by atoms with E-state index < -0.39 is 0 Å². The lowest BCUT2D eigenvalue weighted by atomic mass is 10.1. The van der Waals surface area contributed by atoms with Crippen LogP contribution in [0.3, 0.4) is 0 Å². The topological polar surface area (TPSA) is 67.9 Å². The van der Waals surface area contributed by atoms with Gasteiger partial charge < -0.3 is 19.7 Å². The summed E-state index contributed by atoms with van der Waals surface area (Å²) in [4.78, 5) is 25.2. The molecule has 0 unspecified atom stereocenters. The van der Waals surface area contributed by atoms with E-state index in [1.807, 2.05) is 0 Å². The molecule has 0 spiro atoms. The number of ether oxygens (including phenoxy) is 2. The first-order chi connectivity index (χ1) is 10.6. The van der Waals surface area contributed by atoms with E-state index in [4.69, 9.17) is 21.1 Å². The average molecular weight is 325 g/mol. The molecule has 2 aliphatic heterocycles. The molecule has 0 saturated carbocycles.